The van der Waals surface area contributed by atoms with E-state index < -0.39 is 21.8 Å². The summed E-state index contributed by atoms with van der Waals surface area (Å²) in [6.07, 6.45) is 4.05. The van der Waals surface area contributed by atoms with Gasteiger partial charge in [0.15, 0.2) is 0 Å². The lowest BCUT2D eigenvalue weighted by atomic mass is 10.3. The predicted molar refractivity (Wildman–Crippen MR) is 66.2 cm³/mol. The average molecular weight is 297 g/mol. The molecule has 2 rings (SSSR count). The van der Waals surface area contributed by atoms with E-state index in [1.807, 2.05) is 0 Å². The molecule has 20 heavy (non-hydrogen) atoms. The number of sulfonamides is 1. The Kier molecular flexibility index (Phi) is 3.61. The fourth-order valence-corrected chi connectivity index (χ4v) is 2.37. The number of nitrogens with one attached hydrogen (secondary N) is 1. The number of carboxylic acids is 1. The van der Waals surface area contributed by atoms with Crippen LogP contribution in [-0.2, 0) is 10.0 Å². The van der Waals surface area contributed by atoms with Crippen molar-refractivity contribution in [3.8, 4) is 0 Å². The highest BCUT2D eigenvalue weighted by atomic mass is 32.2. The Bertz CT molecular complexity index is 764. The molecule has 0 unspecified atom stereocenters. The highest BCUT2D eigenvalue weighted by Crippen LogP contribution is 2.16. The van der Waals surface area contributed by atoms with E-state index in [2.05, 4.69) is 14.7 Å². The standard InChI is InChI=1S/C11H8FN3O4S/c12-8-2-10(6-14-4-8)20(18,19)15-9-1-7(11(16)17)3-13-5-9/h1-6,15H,(H,16,17). The van der Waals surface area contributed by atoms with Crippen LogP contribution in [0.1, 0.15) is 10.4 Å². The Morgan fingerprint density at radius 1 is 1.15 bits per heavy atom. The van der Waals surface area contributed by atoms with Crippen molar-refractivity contribution in [1.29, 1.82) is 0 Å². The summed E-state index contributed by atoms with van der Waals surface area (Å²) in [5.74, 6) is -2.05. The summed E-state index contributed by atoms with van der Waals surface area (Å²) in [7, 11) is -4.06. The van der Waals surface area contributed by atoms with Crippen LogP contribution in [0.15, 0.2) is 41.8 Å². The molecular weight excluding hydrogens is 289 g/mol. The molecule has 9 heteroatoms. The fourth-order valence-electron chi connectivity index (χ4n) is 1.37. The molecule has 0 fully saturated rings. The third-order valence-electron chi connectivity index (χ3n) is 2.23. The van der Waals surface area contributed by atoms with Gasteiger partial charge in [-0.25, -0.2) is 17.6 Å². The molecule has 0 saturated carbocycles. The number of hydrogen-bond acceptors (Lipinski definition) is 5. The summed E-state index contributed by atoms with van der Waals surface area (Å²) in [5, 5.41) is 8.78. The van der Waals surface area contributed by atoms with Crippen LogP contribution in [0.3, 0.4) is 0 Å². The number of halogens is 1. The third-order valence-corrected chi connectivity index (χ3v) is 3.58. The second-order valence-electron chi connectivity index (χ2n) is 3.71. The molecule has 0 bridgehead atoms. The van der Waals surface area contributed by atoms with Gasteiger partial charge in [0.1, 0.15) is 10.7 Å². The lowest BCUT2D eigenvalue weighted by Gasteiger charge is -2.07. The summed E-state index contributed by atoms with van der Waals surface area (Å²) < 4.78 is 38.9. The Morgan fingerprint density at radius 3 is 2.50 bits per heavy atom. The SMILES string of the molecule is O=C(O)c1cncc(NS(=O)(=O)c2cncc(F)c2)c1. The molecule has 104 valence electrons. The monoisotopic (exact) mass is 297 g/mol. The van der Waals surface area contributed by atoms with Gasteiger partial charge in [-0.3, -0.25) is 14.7 Å². The van der Waals surface area contributed by atoms with Crippen LogP contribution >= 0.6 is 0 Å². The largest absolute Gasteiger partial charge is 0.478 e. The molecule has 2 heterocycles. The van der Waals surface area contributed by atoms with Crippen molar-refractivity contribution in [2.24, 2.45) is 0 Å². The zero-order valence-corrected chi connectivity index (χ0v) is 10.6. The van der Waals surface area contributed by atoms with Crippen molar-refractivity contribution < 1.29 is 22.7 Å². The molecule has 2 aromatic heterocycles. The number of carboxylic acid groups (broad SMARTS) is 1. The van der Waals surface area contributed by atoms with Crippen LogP contribution in [0.2, 0.25) is 0 Å². The first kappa shape index (κ1) is 13.9. The molecule has 0 aliphatic heterocycles. The van der Waals surface area contributed by atoms with E-state index in [0.29, 0.717) is 0 Å². The van der Waals surface area contributed by atoms with Gasteiger partial charge in [0.25, 0.3) is 10.0 Å². The minimum absolute atomic E-state index is 0.0471. The molecule has 0 aliphatic carbocycles. The van der Waals surface area contributed by atoms with Crippen LogP contribution in [0.5, 0.6) is 0 Å². The Hall–Kier alpha value is -2.55. The number of rotatable bonds is 4. The second kappa shape index (κ2) is 5.21. The van der Waals surface area contributed by atoms with E-state index in [1.165, 1.54) is 0 Å². The molecule has 0 saturated heterocycles. The van der Waals surface area contributed by atoms with Crippen molar-refractivity contribution in [2.75, 3.05) is 4.72 Å². The fraction of sp³-hybridized carbons (Fsp3) is 0. The van der Waals surface area contributed by atoms with E-state index in [1.54, 1.807) is 0 Å². The maximum Gasteiger partial charge on any atom is 0.337 e. The lowest BCUT2D eigenvalue weighted by molar-refractivity contribution is 0.0696. The molecule has 2 aromatic rings. The van der Waals surface area contributed by atoms with E-state index in [-0.39, 0.29) is 16.1 Å². The summed E-state index contributed by atoms with van der Waals surface area (Å²) in [4.78, 5) is 17.4. The van der Waals surface area contributed by atoms with E-state index in [0.717, 1.165) is 36.9 Å². The molecular formula is C11H8FN3O4S. The molecule has 0 radical (unpaired) electrons. The van der Waals surface area contributed by atoms with Crippen LogP contribution in [-0.4, -0.2) is 29.5 Å². The second-order valence-corrected chi connectivity index (χ2v) is 5.39. The van der Waals surface area contributed by atoms with Gasteiger partial charge in [-0.15, -0.1) is 0 Å². The van der Waals surface area contributed by atoms with E-state index in [9.17, 15) is 17.6 Å². The van der Waals surface area contributed by atoms with Gasteiger partial charge >= 0.3 is 5.97 Å². The first-order chi connectivity index (χ1) is 9.38. The predicted octanol–water partition coefficient (Wildman–Crippen LogP) is 1.11. The first-order valence-corrected chi connectivity index (χ1v) is 6.68. The highest BCUT2D eigenvalue weighted by molar-refractivity contribution is 7.92. The van der Waals surface area contributed by atoms with Gasteiger partial charge in [0, 0.05) is 12.4 Å². The summed E-state index contributed by atoms with van der Waals surface area (Å²) >= 11 is 0. The van der Waals surface area contributed by atoms with Gasteiger partial charge in [-0.2, -0.15) is 0 Å². The number of nitrogens with zero attached hydrogens (tertiary/aromatic N) is 2. The number of hydrogen-bond donors (Lipinski definition) is 2. The highest BCUT2D eigenvalue weighted by Gasteiger charge is 2.16. The van der Waals surface area contributed by atoms with Crippen molar-refractivity contribution in [2.45, 2.75) is 4.90 Å². The number of carbonyl (C=O) groups is 1. The van der Waals surface area contributed by atoms with E-state index in [4.69, 9.17) is 5.11 Å². The van der Waals surface area contributed by atoms with Crippen molar-refractivity contribution in [3.05, 3.63) is 48.3 Å². The first-order valence-electron chi connectivity index (χ1n) is 5.20. The number of aromatic carboxylic acids is 1. The molecule has 0 atom stereocenters. The smallest absolute Gasteiger partial charge is 0.337 e. The topological polar surface area (TPSA) is 109 Å². The Morgan fingerprint density at radius 2 is 1.85 bits per heavy atom. The summed E-state index contributed by atoms with van der Waals surface area (Å²) in [5.41, 5.74) is -0.225. The van der Waals surface area contributed by atoms with Crippen LogP contribution in [0.25, 0.3) is 0 Å². The Labute approximate surface area is 113 Å². The molecule has 2 N–H and O–H groups in total. The molecule has 0 spiro atoms. The minimum atomic E-state index is -4.06. The van der Waals surface area contributed by atoms with Gasteiger partial charge in [0.05, 0.1) is 23.6 Å². The third kappa shape index (κ3) is 3.06. The average Bonchev–Trinajstić information content (AvgIpc) is 2.38. The van der Waals surface area contributed by atoms with Crippen molar-refractivity contribution in [1.82, 2.24) is 9.97 Å². The zero-order valence-electron chi connectivity index (χ0n) is 9.82. The molecule has 0 amide bonds. The van der Waals surface area contributed by atoms with Gasteiger partial charge in [0.2, 0.25) is 0 Å². The van der Waals surface area contributed by atoms with Crippen molar-refractivity contribution >= 4 is 21.7 Å². The van der Waals surface area contributed by atoms with Gasteiger partial charge in [-0.05, 0) is 12.1 Å². The van der Waals surface area contributed by atoms with Crippen LogP contribution in [0, 0.1) is 5.82 Å². The van der Waals surface area contributed by atoms with E-state index >= 15 is 0 Å². The lowest BCUT2D eigenvalue weighted by Crippen LogP contribution is -2.14. The normalized spacial score (nSPS) is 11.1. The van der Waals surface area contributed by atoms with Gasteiger partial charge in [-0.1, -0.05) is 0 Å². The van der Waals surface area contributed by atoms with Crippen LogP contribution in [0.4, 0.5) is 10.1 Å². The molecule has 0 aliphatic rings. The minimum Gasteiger partial charge on any atom is -0.478 e. The number of pyridine rings is 2. The van der Waals surface area contributed by atoms with Crippen molar-refractivity contribution in [3.63, 3.8) is 0 Å². The molecule has 7 nitrogen and oxygen atoms in total. The quantitative estimate of drug-likeness (QED) is 0.875. The summed E-state index contributed by atoms with van der Waals surface area (Å²) in [6.45, 7) is 0. The molecule has 0 aromatic carbocycles. The zero-order chi connectivity index (χ0) is 14.8. The number of aromatic nitrogens is 2. The van der Waals surface area contributed by atoms with Gasteiger partial charge < -0.3 is 5.11 Å². The number of anilines is 1. The summed E-state index contributed by atoms with van der Waals surface area (Å²) in [6, 6.07) is 1.89. The maximum absolute atomic E-state index is 13.0. The maximum atomic E-state index is 13.0. The Balaban J connectivity index is 2.33. The van der Waals surface area contributed by atoms with Crippen LogP contribution < -0.4 is 4.72 Å².